The van der Waals surface area contributed by atoms with Crippen molar-refractivity contribution in [1.82, 2.24) is 29.7 Å². The van der Waals surface area contributed by atoms with Crippen molar-refractivity contribution in [1.29, 1.82) is 0 Å². The van der Waals surface area contributed by atoms with Gasteiger partial charge in [0.05, 0.1) is 5.69 Å². The summed E-state index contributed by atoms with van der Waals surface area (Å²) in [4.78, 5) is 21.0. The zero-order chi connectivity index (χ0) is 23.7. The van der Waals surface area contributed by atoms with E-state index in [2.05, 4.69) is 20.1 Å². The molecule has 2 aliphatic rings. The van der Waals surface area contributed by atoms with Gasteiger partial charge in [-0.2, -0.15) is 14.8 Å². The third kappa shape index (κ3) is 4.44. The summed E-state index contributed by atoms with van der Waals surface area (Å²) in [6.07, 6.45) is 4.43. The minimum absolute atomic E-state index is 0.0725. The molecular weight excluding hydrogens is 439 g/mol. The summed E-state index contributed by atoms with van der Waals surface area (Å²) in [5.41, 5.74) is 1.19. The van der Waals surface area contributed by atoms with Crippen molar-refractivity contribution in [2.45, 2.75) is 45.1 Å². The number of benzene rings is 1. The van der Waals surface area contributed by atoms with Crippen LogP contribution in [0.15, 0.2) is 22.7 Å². The highest BCUT2D eigenvalue weighted by Crippen LogP contribution is 2.28. The number of rotatable bonds is 7. The monoisotopic (exact) mass is 470 g/mol. The molecule has 9 nitrogen and oxygen atoms in total. The quantitative estimate of drug-likeness (QED) is 0.524. The molecule has 34 heavy (non-hydrogen) atoms. The lowest BCUT2D eigenvalue weighted by atomic mass is 10.0. The van der Waals surface area contributed by atoms with Gasteiger partial charge in [-0.25, -0.2) is 4.39 Å². The Morgan fingerprint density at radius 1 is 1.24 bits per heavy atom. The van der Waals surface area contributed by atoms with Gasteiger partial charge < -0.3 is 14.2 Å². The smallest absolute Gasteiger partial charge is 0.291 e. The van der Waals surface area contributed by atoms with Crippen molar-refractivity contribution < 1.29 is 18.4 Å². The first-order valence-electron chi connectivity index (χ1n) is 12.1. The van der Waals surface area contributed by atoms with Crippen LogP contribution in [0, 0.1) is 11.7 Å². The second kappa shape index (κ2) is 9.79. The van der Waals surface area contributed by atoms with Gasteiger partial charge in [-0.3, -0.25) is 9.69 Å². The maximum atomic E-state index is 14.6. The molecule has 0 N–H and O–H groups in total. The zero-order valence-corrected chi connectivity index (χ0v) is 19.7. The Bertz CT molecular complexity index is 1150. The number of ether oxygens (including phenoxy) is 1. The number of aromatic nitrogens is 4. The number of amides is 1. The molecule has 0 aliphatic carbocycles. The predicted octanol–water partition coefficient (Wildman–Crippen LogP) is 2.61. The Balaban J connectivity index is 1.21. The van der Waals surface area contributed by atoms with Crippen molar-refractivity contribution >= 4 is 16.8 Å². The van der Waals surface area contributed by atoms with E-state index in [-0.39, 0.29) is 24.3 Å². The second-order valence-electron chi connectivity index (χ2n) is 9.23. The number of para-hydroxylation sites is 1. The van der Waals surface area contributed by atoms with Gasteiger partial charge in [0.15, 0.2) is 0 Å². The largest absolute Gasteiger partial charge is 0.375 e. The molecule has 2 aliphatic heterocycles. The van der Waals surface area contributed by atoms with Crippen LogP contribution in [0.25, 0.3) is 16.9 Å². The highest BCUT2D eigenvalue weighted by molar-refractivity contribution is 5.83. The van der Waals surface area contributed by atoms with Gasteiger partial charge >= 0.3 is 0 Å². The Hall–Kier alpha value is -2.85. The number of hydrogen-bond donors (Lipinski definition) is 0. The molecule has 0 bridgehead atoms. The number of aryl methyl sites for hydroxylation is 1. The maximum absolute atomic E-state index is 14.6. The van der Waals surface area contributed by atoms with Crippen LogP contribution in [0.5, 0.6) is 0 Å². The Morgan fingerprint density at radius 2 is 2.06 bits per heavy atom. The van der Waals surface area contributed by atoms with E-state index in [1.165, 1.54) is 10.7 Å². The summed E-state index contributed by atoms with van der Waals surface area (Å²) >= 11 is 0. The molecule has 10 heteroatoms. The van der Waals surface area contributed by atoms with Gasteiger partial charge in [0.2, 0.25) is 11.8 Å². The summed E-state index contributed by atoms with van der Waals surface area (Å²) in [5, 5.41) is 9.41. The normalized spacial score (nSPS) is 20.0. The van der Waals surface area contributed by atoms with E-state index in [0.29, 0.717) is 36.2 Å². The summed E-state index contributed by atoms with van der Waals surface area (Å²) in [7, 11) is 1.55. The van der Waals surface area contributed by atoms with Crippen LogP contribution in [0.1, 0.15) is 37.8 Å². The van der Waals surface area contributed by atoms with Crippen molar-refractivity contribution in [3.63, 3.8) is 0 Å². The van der Waals surface area contributed by atoms with Crippen LogP contribution in [0.3, 0.4) is 0 Å². The molecule has 4 heterocycles. The molecule has 1 amide bonds. The lowest BCUT2D eigenvalue weighted by Gasteiger charge is -2.36. The second-order valence-corrected chi connectivity index (χ2v) is 9.23. The van der Waals surface area contributed by atoms with E-state index in [1.807, 2.05) is 17.9 Å². The molecule has 0 spiro atoms. The number of nitrogens with zero attached hydrogens (tertiary/aromatic N) is 6. The Morgan fingerprint density at radius 3 is 2.82 bits per heavy atom. The molecule has 1 atom stereocenters. The number of hydrogen-bond acceptors (Lipinski definition) is 7. The van der Waals surface area contributed by atoms with Gasteiger partial charge in [0, 0.05) is 44.6 Å². The fraction of sp³-hybridized carbons (Fsp3) is 0.583. The summed E-state index contributed by atoms with van der Waals surface area (Å²) in [5.74, 6) is 0.979. The number of carbonyl (C=O) groups is 1. The summed E-state index contributed by atoms with van der Waals surface area (Å²) in [6, 6.07) is 5.48. The highest BCUT2D eigenvalue weighted by Gasteiger charge is 2.32. The summed E-state index contributed by atoms with van der Waals surface area (Å²) in [6.45, 7) is 5.74. The fourth-order valence-electron chi connectivity index (χ4n) is 5.31. The first-order chi connectivity index (χ1) is 16.6. The van der Waals surface area contributed by atoms with Crippen LogP contribution in [-0.4, -0.2) is 81.6 Å². The first kappa shape index (κ1) is 22.9. The standard InChI is InChI=1S/C24H31FN6O3/c1-3-20-18-5-4-6-19(25)23(18)31(27-20)24-26-21(34-28-24)13-16-7-10-30(14-16)17-8-11-29(12-9-17)22(32)15-33-2/h4-6,16-17H,3,7-15H2,1-2H3/t16-/m0/s1. The van der Waals surface area contributed by atoms with Crippen LogP contribution >= 0.6 is 0 Å². The van der Waals surface area contributed by atoms with Crippen LogP contribution in [0.2, 0.25) is 0 Å². The molecule has 0 saturated carbocycles. The molecule has 5 rings (SSSR count). The third-order valence-electron chi connectivity index (χ3n) is 7.09. The molecule has 0 radical (unpaired) electrons. The van der Waals surface area contributed by atoms with Crippen molar-refractivity contribution in [2.24, 2.45) is 5.92 Å². The molecule has 0 unspecified atom stereocenters. The molecule has 1 aromatic carbocycles. The van der Waals surface area contributed by atoms with Crippen LogP contribution < -0.4 is 0 Å². The topological polar surface area (TPSA) is 89.5 Å². The van der Waals surface area contributed by atoms with E-state index in [9.17, 15) is 9.18 Å². The minimum Gasteiger partial charge on any atom is -0.375 e. The molecular formula is C24H31FN6O3. The molecule has 182 valence electrons. The van der Waals surface area contributed by atoms with Crippen LogP contribution in [0.4, 0.5) is 4.39 Å². The Labute approximate surface area is 197 Å². The third-order valence-corrected chi connectivity index (χ3v) is 7.09. The Kier molecular flexibility index (Phi) is 6.60. The van der Waals surface area contributed by atoms with Crippen LogP contribution in [-0.2, 0) is 22.4 Å². The van der Waals surface area contributed by atoms with Crippen molar-refractivity contribution in [3.8, 4) is 5.95 Å². The first-order valence-corrected chi connectivity index (χ1v) is 12.1. The summed E-state index contributed by atoms with van der Waals surface area (Å²) < 4.78 is 26.5. The molecule has 3 aromatic rings. The van der Waals surface area contributed by atoms with Crippen molar-refractivity contribution in [3.05, 3.63) is 35.6 Å². The highest BCUT2D eigenvalue weighted by atomic mass is 19.1. The van der Waals surface area contributed by atoms with Gasteiger partial charge in [0.1, 0.15) is 17.9 Å². The van der Waals surface area contributed by atoms with E-state index < -0.39 is 0 Å². The van der Waals surface area contributed by atoms with Gasteiger partial charge in [0.25, 0.3) is 5.95 Å². The number of carbonyl (C=O) groups excluding carboxylic acids is 1. The molecule has 2 aromatic heterocycles. The maximum Gasteiger partial charge on any atom is 0.291 e. The van der Waals surface area contributed by atoms with E-state index >= 15 is 0 Å². The number of fused-ring (bicyclic) bond motifs is 1. The molecule has 2 saturated heterocycles. The predicted molar refractivity (Wildman–Crippen MR) is 123 cm³/mol. The van der Waals surface area contributed by atoms with E-state index in [1.54, 1.807) is 13.2 Å². The molecule has 2 fully saturated rings. The number of halogens is 1. The van der Waals surface area contributed by atoms with Gasteiger partial charge in [-0.05, 0) is 49.4 Å². The van der Waals surface area contributed by atoms with E-state index in [0.717, 1.165) is 56.5 Å². The minimum atomic E-state index is -0.350. The van der Waals surface area contributed by atoms with Gasteiger partial charge in [-0.15, -0.1) is 0 Å². The fourth-order valence-corrected chi connectivity index (χ4v) is 5.31. The zero-order valence-electron chi connectivity index (χ0n) is 19.7. The average Bonchev–Trinajstić information content (AvgIpc) is 3.58. The van der Waals surface area contributed by atoms with E-state index in [4.69, 9.17) is 9.26 Å². The number of methoxy groups -OCH3 is 1. The lowest BCUT2D eigenvalue weighted by Crippen LogP contribution is -2.47. The lowest BCUT2D eigenvalue weighted by molar-refractivity contribution is -0.136. The number of piperidine rings is 1. The number of likely N-dealkylation sites (tertiary alicyclic amines) is 2. The SMILES string of the molecule is CCc1nn(-c2noc(C[C@@H]3CCN(C4CCN(C(=O)COC)CC4)C3)n2)c2c(F)cccc12. The van der Waals surface area contributed by atoms with Crippen molar-refractivity contribution in [2.75, 3.05) is 39.9 Å². The average molecular weight is 471 g/mol. The van der Waals surface area contributed by atoms with Gasteiger partial charge in [-0.1, -0.05) is 19.1 Å².